The van der Waals surface area contributed by atoms with Gasteiger partial charge >= 0.3 is 6.03 Å². The van der Waals surface area contributed by atoms with E-state index in [1.54, 1.807) is 16.4 Å². The Morgan fingerprint density at radius 2 is 1.64 bits per heavy atom. The molecule has 2 N–H and O–H groups in total. The number of nitrogens with zero attached hydrogens (tertiary/aromatic N) is 2. The van der Waals surface area contributed by atoms with E-state index in [1.165, 1.54) is 0 Å². The number of para-hydroxylation sites is 1. The summed E-state index contributed by atoms with van der Waals surface area (Å²) in [5.41, 5.74) is 1.29. The van der Waals surface area contributed by atoms with Gasteiger partial charge in [0.1, 0.15) is 5.69 Å². The van der Waals surface area contributed by atoms with Gasteiger partial charge < -0.3 is 10.6 Å². The molecule has 0 aliphatic carbocycles. The monoisotopic (exact) mass is 344 g/mol. The smallest absolute Gasteiger partial charge is 0.319 e. The molecule has 0 aliphatic rings. The van der Waals surface area contributed by atoms with Crippen LogP contribution in [-0.2, 0) is 7.05 Å². The zero-order valence-electron chi connectivity index (χ0n) is 15.7. The van der Waals surface area contributed by atoms with Gasteiger partial charge in [-0.15, -0.1) is 0 Å². The van der Waals surface area contributed by atoms with E-state index < -0.39 is 0 Å². The van der Waals surface area contributed by atoms with E-state index in [4.69, 9.17) is 0 Å². The number of amides is 2. The van der Waals surface area contributed by atoms with E-state index in [1.807, 2.05) is 37.3 Å². The molecule has 1 aromatic carbocycles. The third kappa shape index (κ3) is 3.62. The van der Waals surface area contributed by atoms with Crippen LogP contribution in [-0.4, -0.2) is 20.9 Å². The molecule has 2 rings (SSSR count). The lowest BCUT2D eigenvalue weighted by molar-refractivity contribution is 0.229. The van der Waals surface area contributed by atoms with E-state index in [9.17, 15) is 9.59 Å². The molecule has 0 aliphatic heterocycles. The van der Waals surface area contributed by atoms with Crippen molar-refractivity contribution >= 4 is 11.7 Å². The van der Waals surface area contributed by atoms with Crippen LogP contribution in [0.1, 0.15) is 45.7 Å². The molecule has 0 fully saturated rings. The van der Waals surface area contributed by atoms with Gasteiger partial charge in [-0.2, -0.15) is 0 Å². The normalized spacial score (nSPS) is 11.4. The molecule has 6 nitrogen and oxygen atoms in total. The highest BCUT2D eigenvalue weighted by molar-refractivity contribution is 5.90. The molecule has 0 saturated carbocycles. The van der Waals surface area contributed by atoms with Crippen molar-refractivity contribution in [3.8, 4) is 5.69 Å². The lowest BCUT2D eigenvalue weighted by Crippen LogP contribution is -2.49. The summed E-state index contributed by atoms with van der Waals surface area (Å²) < 4.78 is 3.30. The first-order valence-corrected chi connectivity index (χ1v) is 8.82. The standard InChI is InChI=1S/C19H28N4O2/c1-6-19(7-2,8-3)21-18(25)20-16-14(4)22(5)23(17(16)24)15-12-10-9-11-13-15/h9-13H,6-8H2,1-5H3,(H2,20,21,25). The highest BCUT2D eigenvalue weighted by Crippen LogP contribution is 2.20. The number of rotatable bonds is 6. The quantitative estimate of drug-likeness (QED) is 0.841. The fraction of sp³-hybridized carbons (Fsp3) is 0.474. The van der Waals surface area contributed by atoms with Crippen molar-refractivity contribution in [1.29, 1.82) is 0 Å². The average Bonchev–Trinajstić information content (AvgIpc) is 2.84. The largest absolute Gasteiger partial charge is 0.332 e. The molecular weight excluding hydrogens is 316 g/mol. The van der Waals surface area contributed by atoms with Crippen molar-refractivity contribution in [2.75, 3.05) is 5.32 Å². The van der Waals surface area contributed by atoms with Crippen LogP contribution in [0.5, 0.6) is 0 Å². The molecule has 2 aromatic rings. The third-order valence-electron chi connectivity index (χ3n) is 5.20. The summed E-state index contributed by atoms with van der Waals surface area (Å²) in [5, 5.41) is 5.81. The van der Waals surface area contributed by atoms with Gasteiger partial charge in [0.05, 0.1) is 11.4 Å². The molecule has 1 heterocycles. The number of carbonyl (C=O) groups is 1. The number of anilines is 1. The van der Waals surface area contributed by atoms with Gasteiger partial charge in [0.25, 0.3) is 5.56 Å². The number of benzene rings is 1. The van der Waals surface area contributed by atoms with Crippen LogP contribution in [0.3, 0.4) is 0 Å². The Kier molecular flexibility index (Phi) is 5.72. The van der Waals surface area contributed by atoms with E-state index in [0.717, 1.165) is 24.9 Å². The minimum absolute atomic E-state index is 0.239. The molecule has 0 saturated heterocycles. The van der Waals surface area contributed by atoms with Crippen LogP contribution in [0.2, 0.25) is 0 Å². The van der Waals surface area contributed by atoms with Crippen molar-refractivity contribution < 1.29 is 4.79 Å². The number of carbonyl (C=O) groups excluding carboxylic acids is 1. The van der Waals surface area contributed by atoms with Crippen molar-refractivity contribution in [3.05, 3.63) is 46.4 Å². The number of hydrogen-bond donors (Lipinski definition) is 2. The Balaban J connectivity index is 2.33. The second-order valence-electron chi connectivity index (χ2n) is 6.36. The molecule has 25 heavy (non-hydrogen) atoms. The highest BCUT2D eigenvalue weighted by Gasteiger charge is 2.27. The number of urea groups is 1. The van der Waals surface area contributed by atoms with Gasteiger partial charge in [-0.05, 0) is 38.3 Å². The Bertz CT molecular complexity index is 777. The molecule has 136 valence electrons. The highest BCUT2D eigenvalue weighted by atomic mass is 16.2. The Morgan fingerprint density at radius 3 is 2.16 bits per heavy atom. The van der Waals surface area contributed by atoms with E-state index >= 15 is 0 Å². The van der Waals surface area contributed by atoms with E-state index in [2.05, 4.69) is 31.4 Å². The average molecular weight is 344 g/mol. The molecular formula is C19H28N4O2. The molecule has 0 atom stereocenters. The van der Waals surface area contributed by atoms with Gasteiger partial charge in [-0.3, -0.25) is 9.48 Å². The molecule has 6 heteroatoms. The lowest BCUT2D eigenvalue weighted by Gasteiger charge is -2.31. The second-order valence-corrected chi connectivity index (χ2v) is 6.36. The third-order valence-corrected chi connectivity index (χ3v) is 5.20. The first-order valence-electron chi connectivity index (χ1n) is 8.82. The number of aromatic nitrogens is 2. The van der Waals surface area contributed by atoms with E-state index in [-0.39, 0.29) is 17.1 Å². The molecule has 0 radical (unpaired) electrons. The van der Waals surface area contributed by atoms with Crippen molar-refractivity contribution in [3.63, 3.8) is 0 Å². The summed E-state index contributed by atoms with van der Waals surface area (Å²) in [5.74, 6) is 0. The van der Waals surface area contributed by atoms with Crippen molar-refractivity contribution in [2.24, 2.45) is 7.05 Å². The van der Waals surface area contributed by atoms with Gasteiger partial charge in [-0.25, -0.2) is 9.48 Å². The second kappa shape index (κ2) is 7.59. The molecule has 0 bridgehead atoms. The predicted molar refractivity (Wildman–Crippen MR) is 102 cm³/mol. The van der Waals surface area contributed by atoms with Crippen LogP contribution in [0.4, 0.5) is 10.5 Å². The summed E-state index contributed by atoms with van der Waals surface area (Å²) in [6.45, 7) is 8.00. The first kappa shape index (κ1) is 18.8. The van der Waals surface area contributed by atoms with Crippen LogP contribution >= 0.6 is 0 Å². The summed E-state index contributed by atoms with van der Waals surface area (Å²) in [6.07, 6.45) is 2.53. The molecule has 1 aromatic heterocycles. The maximum Gasteiger partial charge on any atom is 0.319 e. The lowest BCUT2D eigenvalue weighted by atomic mass is 9.90. The van der Waals surface area contributed by atoms with E-state index in [0.29, 0.717) is 11.4 Å². The minimum atomic E-state index is -0.337. The SMILES string of the molecule is CCC(CC)(CC)NC(=O)Nc1c(C)n(C)n(-c2ccccc2)c1=O. The Morgan fingerprint density at radius 1 is 1.08 bits per heavy atom. The first-order chi connectivity index (χ1) is 11.9. The number of nitrogens with one attached hydrogen (secondary N) is 2. The maximum absolute atomic E-state index is 12.8. The number of hydrogen-bond acceptors (Lipinski definition) is 2. The Hall–Kier alpha value is -2.50. The van der Waals surface area contributed by atoms with Gasteiger partial charge in [0.2, 0.25) is 0 Å². The maximum atomic E-state index is 12.8. The fourth-order valence-corrected chi connectivity index (χ4v) is 3.11. The summed E-state index contributed by atoms with van der Waals surface area (Å²) >= 11 is 0. The minimum Gasteiger partial charge on any atom is -0.332 e. The van der Waals surface area contributed by atoms with Crippen LogP contribution < -0.4 is 16.2 Å². The van der Waals surface area contributed by atoms with Crippen molar-refractivity contribution in [2.45, 2.75) is 52.5 Å². The summed E-state index contributed by atoms with van der Waals surface area (Å²) in [6, 6.07) is 9.04. The zero-order chi connectivity index (χ0) is 18.6. The van der Waals surface area contributed by atoms with Crippen LogP contribution in [0.25, 0.3) is 5.69 Å². The topological polar surface area (TPSA) is 68.1 Å². The van der Waals surface area contributed by atoms with Gasteiger partial charge in [0.15, 0.2) is 0 Å². The fourth-order valence-electron chi connectivity index (χ4n) is 3.11. The van der Waals surface area contributed by atoms with Gasteiger partial charge in [-0.1, -0.05) is 39.0 Å². The zero-order valence-corrected chi connectivity index (χ0v) is 15.7. The van der Waals surface area contributed by atoms with Crippen LogP contribution in [0, 0.1) is 6.92 Å². The summed E-state index contributed by atoms with van der Waals surface area (Å²) in [4.78, 5) is 25.3. The Labute approximate surface area is 148 Å². The van der Waals surface area contributed by atoms with Crippen molar-refractivity contribution in [1.82, 2.24) is 14.7 Å². The molecule has 2 amide bonds. The molecule has 0 unspecified atom stereocenters. The summed E-state index contributed by atoms with van der Waals surface area (Å²) in [7, 11) is 1.81. The molecule has 0 spiro atoms. The van der Waals surface area contributed by atoms with Gasteiger partial charge in [0, 0.05) is 12.6 Å². The van der Waals surface area contributed by atoms with Crippen LogP contribution in [0.15, 0.2) is 35.1 Å². The predicted octanol–water partition coefficient (Wildman–Crippen LogP) is 3.57.